The number of carbonyl (C=O) groups is 1. The second kappa shape index (κ2) is 12.5. The third-order valence-corrected chi connectivity index (χ3v) is 7.42. The summed E-state index contributed by atoms with van der Waals surface area (Å²) in [5.41, 5.74) is 2.35. The number of aromatic hydroxyl groups is 2. The molecule has 1 saturated heterocycles. The lowest BCUT2D eigenvalue weighted by Crippen LogP contribution is -2.48. The van der Waals surface area contributed by atoms with Crippen molar-refractivity contribution in [3.05, 3.63) is 94.8 Å². The number of likely N-dealkylation sites (N-methyl/N-ethyl adjacent to an activating group) is 1. The minimum Gasteiger partial charge on any atom is -0.508 e. The zero-order valence-corrected chi connectivity index (χ0v) is 22.2. The molecule has 0 amide bonds. The standard InChI is InChI=1S/C31H36FN2O4/c1-21-24(11-7-12-28(21)32)30-26(25-10-4-5-13-29(25)36)19-34(15-17-38-16-14-33(2)3)20-27(30)31(37)22-8-6-9-23(35)18-22/h4,6-13,18,26-27,30,35-36H,14-17,19-20H2,1-3H3. The van der Waals surface area contributed by atoms with E-state index in [2.05, 4.69) is 15.9 Å². The number of ketones is 1. The fourth-order valence-electron chi connectivity index (χ4n) is 5.44. The predicted octanol–water partition coefficient (Wildman–Crippen LogP) is 4.61. The number of phenols is 2. The lowest BCUT2D eigenvalue weighted by molar-refractivity contribution is 0.0558. The van der Waals surface area contributed by atoms with Gasteiger partial charge in [-0.3, -0.25) is 9.69 Å². The number of hydrogen-bond acceptors (Lipinski definition) is 6. The molecule has 0 bridgehead atoms. The number of likely N-dealkylation sites (tertiary alicyclic amines) is 1. The number of nitrogens with zero attached hydrogens (tertiary/aromatic N) is 2. The van der Waals surface area contributed by atoms with E-state index >= 15 is 0 Å². The van der Waals surface area contributed by atoms with Crippen LogP contribution in [0.2, 0.25) is 0 Å². The Morgan fingerprint density at radius 1 is 1.11 bits per heavy atom. The van der Waals surface area contributed by atoms with Gasteiger partial charge in [-0.05, 0) is 68.0 Å². The Hall–Kier alpha value is -3.26. The molecule has 0 aliphatic carbocycles. The van der Waals surface area contributed by atoms with Gasteiger partial charge in [-0.2, -0.15) is 0 Å². The molecule has 6 nitrogen and oxygen atoms in total. The highest BCUT2D eigenvalue weighted by Gasteiger charge is 2.43. The van der Waals surface area contributed by atoms with Crippen LogP contribution >= 0.6 is 0 Å². The Labute approximate surface area is 224 Å². The highest BCUT2D eigenvalue weighted by Crippen LogP contribution is 2.47. The number of piperidine rings is 1. The molecule has 1 heterocycles. The zero-order chi connectivity index (χ0) is 27.2. The van der Waals surface area contributed by atoms with Crippen molar-refractivity contribution in [2.45, 2.75) is 18.8 Å². The van der Waals surface area contributed by atoms with E-state index in [4.69, 9.17) is 4.74 Å². The fraction of sp³-hybridized carbons (Fsp3) is 0.387. The molecule has 0 spiro atoms. The van der Waals surface area contributed by atoms with Crippen LogP contribution in [0.5, 0.6) is 11.5 Å². The van der Waals surface area contributed by atoms with Crippen molar-refractivity contribution in [1.82, 2.24) is 9.80 Å². The van der Waals surface area contributed by atoms with Gasteiger partial charge in [0.05, 0.1) is 13.2 Å². The summed E-state index contributed by atoms with van der Waals surface area (Å²) >= 11 is 0. The smallest absolute Gasteiger partial charge is 0.167 e. The van der Waals surface area contributed by atoms with E-state index in [9.17, 15) is 19.4 Å². The van der Waals surface area contributed by atoms with Gasteiger partial charge in [-0.15, -0.1) is 0 Å². The zero-order valence-electron chi connectivity index (χ0n) is 22.2. The maximum Gasteiger partial charge on any atom is 0.167 e. The van der Waals surface area contributed by atoms with Gasteiger partial charge in [0, 0.05) is 49.5 Å². The third-order valence-electron chi connectivity index (χ3n) is 7.42. The molecule has 201 valence electrons. The topological polar surface area (TPSA) is 73.2 Å². The average Bonchev–Trinajstić information content (AvgIpc) is 2.89. The molecule has 38 heavy (non-hydrogen) atoms. The number of carbonyl (C=O) groups excluding carboxylic acids is 1. The molecule has 4 rings (SSSR count). The van der Waals surface area contributed by atoms with Gasteiger partial charge >= 0.3 is 0 Å². The molecular weight excluding hydrogens is 483 g/mol. The van der Waals surface area contributed by atoms with Crippen LogP contribution in [0.15, 0.2) is 60.7 Å². The summed E-state index contributed by atoms with van der Waals surface area (Å²) in [6.45, 7) is 5.30. The summed E-state index contributed by atoms with van der Waals surface area (Å²) < 4.78 is 20.7. The lowest BCUT2D eigenvalue weighted by atomic mass is 9.67. The quantitative estimate of drug-likeness (QED) is 0.301. The minimum atomic E-state index is -0.540. The second-order valence-electron chi connectivity index (χ2n) is 10.3. The summed E-state index contributed by atoms with van der Waals surface area (Å²) in [5.74, 6) is -1.55. The van der Waals surface area contributed by atoms with E-state index in [0.29, 0.717) is 49.5 Å². The SMILES string of the molecule is Cc1c(F)cccc1C1C(C(=O)c2cccc(O)c2)CN(CCOCCN(C)C)CC1c1cc[c]cc1O. The van der Waals surface area contributed by atoms with Gasteiger partial charge in [0.2, 0.25) is 0 Å². The van der Waals surface area contributed by atoms with Crippen molar-refractivity contribution in [2.75, 3.05) is 53.5 Å². The molecule has 0 saturated carbocycles. The van der Waals surface area contributed by atoms with Gasteiger partial charge in [-0.1, -0.05) is 36.4 Å². The van der Waals surface area contributed by atoms with Crippen molar-refractivity contribution in [3.63, 3.8) is 0 Å². The molecule has 3 aromatic rings. The van der Waals surface area contributed by atoms with E-state index < -0.39 is 5.92 Å². The van der Waals surface area contributed by atoms with Gasteiger partial charge in [-0.25, -0.2) is 4.39 Å². The van der Waals surface area contributed by atoms with Gasteiger partial charge < -0.3 is 19.8 Å². The average molecular weight is 520 g/mol. The van der Waals surface area contributed by atoms with E-state index in [-0.39, 0.29) is 34.9 Å². The van der Waals surface area contributed by atoms with Gasteiger partial charge in [0.1, 0.15) is 17.3 Å². The maximum absolute atomic E-state index is 14.8. The summed E-state index contributed by atoms with van der Waals surface area (Å²) in [6, 6.07) is 19.4. The third kappa shape index (κ3) is 6.41. The number of phenolic OH excluding ortho intramolecular Hbond substituents is 2. The van der Waals surface area contributed by atoms with Crippen LogP contribution in [0.25, 0.3) is 0 Å². The fourth-order valence-corrected chi connectivity index (χ4v) is 5.44. The van der Waals surface area contributed by atoms with Crippen LogP contribution < -0.4 is 0 Å². The Bertz CT molecular complexity index is 1250. The van der Waals surface area contributed by atoms with E-state index in [1.807, 2.05) is 26.2 Å². The summed E-state index contributed by atoms with van der Waals surface area (Å²) in [5, 5.41) is 20.9. The first-order valence-corrected chi connectivity index (χ1v) is 13.0. The van der Waals surface area contributed by atoms with Gasteiger partial charge in [0.25, 0.3) is 0 Å². The van der Waals surface area contributed by atoms with Crippen molar-refractivity contribution in [3.8, 4) is 11.5 Å². The molecule has 1 aliphatic heterocycles. The first-order valence-electron chi connectivity index (χ1n) is 13.0. The Morgan fingerprint density at radius 2 is 1.89 bits per heavy atom. The van der Waals surface area contributed by atoms with Gasteiger partial charge in [0.15, 0.2) is 5.78 Å². The summed E-state index contributed by atoms with van der Waals surface area (Å²) in [6.07, 6.45) is 0. The molecule has 3 atom stereocenters. The van der Waals surface area contributed by atoms with Crippen LogP contribution in [0.1, 0.15) is 38.9 Å². The molecule has 0 aromatic heterocycles. The first kappa shape index (κ1) is 27.8. The van der Waals surface area contributed by atoms with E-state index in [1.165, 1.54) is 24.3 Å². The largest absolute Gasteiger partial charge is 0.508 e. The molecule has 1 radical (unpaired) electrons. The first-order chi connectivity index (χ1) is 18.3. The molecule has 7 heteroatoms. The molecule has 3 aromatic carbocycles. The van der Waals surface area contributed by atoms with Crippen LogP contribution in [-0.4, -0.2) is 79.3 Å². The highest BCUT2D eigenvalue weighted by molar-refractivity contribution is 5.99. The van der Waals surface area contributed by atoms with Crippen molar-refractivity contribution in [1.29, 1.82) is 0 Å². The number of ether oxygens (including phenoxy) is 1. The Kier molecular flexibility index (Phi) is 9.15. The summed E-state index contributed by atoms with van der Waals surface area (Å²) in [4.78, 5) is 18.3. The molecule has 2 N–H and O–H groups in total. The number of hydrogen-bond donors (Lipinski definition) is 2. The second-order valence-corrected chi connectivity index (χ2v) is 10.3. The van der Waals surface area contributed by atoms with Crippen LogP contribution in [0, 0.1) is 24.7 Å². The number of Topliss-reactive ketones (excluding diaryl/α,β-unsaturated/α-hetero) is 1. The Morgan fingerprint density at radius 3 is 2.63 bits per heavy atom. The van der Waals surface area contributed by atoms with Crippen LogP contribution in [0.4, 0.5) is 4.39 Å². The van der Waals surface area contributed by atoms with Crippen LogP contribution in [-0.2, 0) is 4.74 Å². The van der Waals surface area contributed by atoms with E-state index in [0.717, 1.165) is 12.1 Å². The van der Waals surface area contributed by atoms with Crippen molar-refractivity contribution >= 4 is 5.78 Å². The number of rotatable bonds is 10. The lowest BCUT2D eigenvalue weighted by Gasteiger charge is -2.44. The minimum absolute atomic E-state index is 0.0177. The van der Waals surface area contributed by atoms with Crippen molar-refractivity contribution in [2.24, 2.45) is 5.92 Å². The number of halogens is 1. The molecular formula is C31H36FN2O4. The predicted molar refractivity (Wildman–Crippen MR) is 145 cm³/mol. The van der Waals surface area contributed by atoms with Crippen LogP contribution in [0.3, 0.4) is 0 Å². The molecule has 1 aliphatic rings. The maximum atomic E-state index is 14.8. The van der Waals surface area contributed by atoms with Crippen molar-refractivity contribution < 1.29 is 24.1 Å². The summed E-state index contributed by atoms with van der Waals surface area (Å²) in [7, 11) is 3.99. The molecule has 3 unspecified atom stereocenters. The normalized spacial score (nSPS) is 20.1. The number of benzene rings is 3. The molecule has 1 fully saturated rings. The van der Waals surface area contributed by atoms with E-state index in [1.54, 1.807) is 31.2 Å². The Balaban J connectivity index is 1.75. The highest BCUT2D eigenvalue weighted by atomic mass is 19.1. The monoisotopic (exact) mass is 519 g/mol.